The summed E-state index contributed by atoms with van der Waals surface area (Å²) in [7, 11) is 0. The van der Waals surface area contributed by atoms with Gasteiger partial charge in [-0.05, 0) is 89.7 Å². The normalized spacial score (nSPS) is 11.8. The Hall–Kier alpha value is -8.93. The van der Waals surface area contributed by atoms with E-state index >= 15 is 0 Å². The molecule has 12 rings (SSSR count). The van der Waals surface area contributed by atoms with Crippen LogP contribution in [0.4, 0.5) is 0 Å². The van der Waals surface area contributed by atoms with E-state index in [1.54, 1.807) is 0 Å². The fourth-order valence-corrected chi connectivity index (χ4v) is 9.95. The molecule has 0 saturated heterocycles. The maximum Gasteiger partial charge on any atom is 0.166 e. The highest BCUT2D eigenvalue weighted by atomic mass is 15.1. The maximum atomic E-state index is 5.34. The largest absolute Gasteiger partial charge is 0.309 e. The van der Waals surface area contributed by atoms with Crippen LogP contribution in [-0.2, 0) is 6.42 Å². The number of hydrogen-bond acceptors (Lipinski definition) is 3. The zero-order valence-corrected chi connectivity index (χ0v) is 37.5. The summed E-state index contributed by atoms with van der Waals surface area (Å²) in [5, 5.41) is 4.79. The predicted molar refractivity (Wildman–Crippen MR) is 283 cm³/mol. The smallest absolute Gasteiger partial charge is 0.166 e. The van der Waals surface area contributed by atoms with Gasteiger partial charge in [0.2, 0.25) is 0 Å². The standard InChI is InChI=1S/C63H45N5/c1-2-3-4-8-25-44-26-15-16-31-48(44)62-64-61(45-27-11-6-12-28-45)65-63(66-62)53-33-18-20-37-55(53)68-54-36-19-17-32-51(54)59-49(35-22-39-57(59)68)50-34-21-38-56-60(50)52-41-40-46(43-23-9-5-10-24-43)42-58(52)67(56)47-29-13-7-14-30-47/h2-24,26-42H,25H2,1H3/b3-2-,8-4-. The minimum absolute atomic E-state index is 0.610. The van der Waals surface area contributed by atoms with Crippen molar-refractivity contribution in [2.24, 2.45) is 0 Å². The number of fused-ring (bicyclic) bond motifs is 6. The van der Waals surface area contributed by atoms with Crippen LogP contribution in [0.3, 0.4) is 0 Å². The molecule has 3 aromatic heterocycles. The summed E-state index contributed by atoms with van der Waals surface area (Å²) in [6, 6.07) is 77.8. The van der Waals surface area contributed by atoms with Crippen LogP contribution in [0.15, 0.2) is 243 Å². The third kappa shape index (κ3) is 7.09. The highest BCUT2D eigenvalue weighted by Crippen LogP contribution is 2.45. The number of rotatable bonds is 10. The van der Waals surface area contributed by atoms with E-state index in [4.69, 9.17) is 15.0 Å². The summed E-state index contributed by atoms with van der Waals surface area (Å²) >= 11 is 0. The molecule has 0 radical (unpaired) electrons. The van der Waals surface area contributed by atoms with Gasteiger partial charge in [-0.3, -0.25) is 0 Å². The van der Waals surface area contributed by atoms with Crippen molar-refractivity contribution < 1.29 is 0 Å². The molecule has 3 heterocycles. The molecule has 0 bridgehead atoms. The molecule has 0 aliphatic carbocycles. The van der Waals surface area contributed by atoms with Crippen molar-refractivity contribution in [3.63, 3.8) is 0 Å². The van der Waals surface area contributed by atoms with Crippen molar-refractivity contribution in [2.45, 2.75) is 13.3 Å². The molecule has 0 saturated carbocycles. The van der Waals surface area contributed by atoms with Gasteiger partial charge in [0.1, 0.15) is 0 Å². The summed E-state index contributed by atoms with van der Waals surface area (Å²) in [6.07, 6.45) is 9.10. The Labute approximate surface area is 395 Å². The molecule has 0 atom stereocenters. The van der Waals surface area contributed by atoms with Crippen molar-refractivity contribution in [1.82, 2.24) is 24.1 Å². The van der Waals surface area contributed by atoms with Crippen LogP contribution in [-0.4, -0.2) is 24.1 Å². The van der Waals surface area contributed by atoms with Crippen molar-refractivity contribution >= 4 is 43.6 Å². The molecule has 9 aromatic carbocycles. The third-order valence-electron chi connectivity index (χ3n) is 13.0. The van der Waals surface area contributed by atoms with E-state index in [0.717, 1.165) is 56.6 Å². The summed E-state index contributed by atoms with van der Waals surface area (Å²) in [5.41, 5.74) is 15.4. The zero-order valence-electron chi connectivity index (χ0n) is 37.5. The molecule has 5 heteroatoms. The first-order chi connectivity index (χ1) is 33.7. The SMILES string of the molecule is C/C=C\C=C/Cc1ccccc1-c1nc(-c2ccccc2)nc(-c2ccccc2-n2c3ccccc3c3c(-c4cccc5c4c4ccc(-c6ccccc6)cc4n5-c4ccccc4)cccc32)n1. The summed E-state index contributed by atoms with van der Waals surface area (Å²) < 4.78 is 4.82. The van der Waals surface area contributed by atoms with Crippen molar-refractivity contribution in [3.8, 4) is 67.8 Å². The molecular weight excluding hydrogens is 827 g/mol. The fourth-order valence-electron chi connectivity index (χ4n) is 9.95. The molecule has 0 aliphatic heterocycles. The van der Waals surface area contributed by atoms with Crippen molar-refractivity contribution in [2.75, 3.05) is 0 Å². The van der Waals surface area contributed by atoms with Gasteiger partial charge in [-0.25, -0.2) is 15.0 Å². The van der Waals surface area contributed by atoms with Gasteiger partial charge < -0.3 is 9.13 Å². The molecule has 0 fully saturated rings. The molecule has 0 unspecified atom stereocenters. The monoisotopic (exact) mass is 871 g/mol. The number of para-hydroxylation sites is 3. The molecule has 68 heavy (non-hydrogen) atoms. The van der Waals surface area contributed by atoms with Crippen LogP contribution in [0.5, 0.6) is 0 Å². The number of hydrogen-bond donors (Lipinski definition) is 0. The Morgan fingerprint density at radius 1 is 0.382 bits per heavy atom. The van der Waals surface area contributed by atoms with E-state index in [1.807, 2.05) is 31.2 Å². The van der Waals surface area contributed by atoms with Crippen LogP contribution in [0.2, 0.25) is 0 Å². The Morgan fingerprint density at radius 2 is 0.926 bits per heavy atom. The molecule has 322 valence electrons. The fraction of sp³-hybridized carbons (Fsp3) is 0.0317. The summed E-state index contributed by atoms with van der Waals surface area (Å²) in [4.78, 5) is 15.8. The van der Waals surface area contributed by atoms with E-state index in [9.17, 15) is 0 Å². The second-order valence-electron chi connectivity index (χ2n) is 17.0. The predicted octanol–water partition coefficient (Wildman–Crippen LogP) is 16.1. The lowest BCUT2D eigenvalue weighted by Gasteiger charge is -2.15. The zero-order chi connectivity index (χ0) is 45.4. The first-order valence-electron chi connectivity index (χ1n) is 23.2. The number of allylic oxidation sites excluding steroid dienone is 4. The van der Waals surface area contributed by atoms with Crippen LogP contribution < -0.4 is 0 Å². The van der Waals surface area contributed by atoms with E-state index in [2.05, 4.69) is 228 Å². The van der Waals surface area contributed by atoms with Crippen molar-refractivity contribution in [3.05, 3.63) is 248 Å². The van der Waals surface area contributed by atoms with Gasteiger partial charge in [0, 0.05) is 43.9 Å². The summed E-state index contributed by atoms with van der Waals surface area (Å²) in [5.74, 6) is 1.88. The van der Waals surface area contributed by atoms with Gasteiger partial charge in [-0.1, -0.05) is 194 Å². The maximum absolute atomic E-state index is 5.34. The van der Waals surface area contributed by atoms with Gasteiger partial charge in [-0.2, -0.15) is 0 Å². The lowest BCUT2D eigenvalue weighted by Crippen LogP contribution is -2.04. The average Bonchev–Trinajstić information content (AvgIpc) is 3.93. The van der Waals surface area contributed by atoms with Gasteiger partial charge in [-0.15, -0.1) is 0 Å². The highest BCUT2D eigenvalue weighted by molar-refractivity contribution is 6.22. The third-order valence-corrected chi connectivity index (χ3v) is 13.0. The number of benzene rings is 9. The molecule has 0 N–H and O–H groups in total. The van der Waals surface area contributed by atoms with Crippen LogP contribution in [0.25, 0.3) is 111 Å². The molecule has 5 nitrogen and oxygen atoms in total. The minimum atomic E-state index is 0.610. The second kappa shape index (κ2) is 17.5. The number of aromatic nitrogens is 5. The summed E-state index contributed by atoms with van der Waals surface area (Å²) in [6.45, 7) is 2.03. The lowest BCUT2D eigenvalue weighted by atomic mass is 9.95. The van der Waals surface area contributed by atoms with Gasteiger partial charge in [0.05, 0.1) is 27.8 Å². The Morgan fingerprint density at radius 3 is 1.66 bits per heavy atom. The van der Waals surface area contributed by atoms with E-state index in [0.29, 0.717) is 17.5 Å². The topological polar surface area (TPSA) is 48.5 Å². The van der Waals surface area contributed by atoms with E-state index in [-0.39, 0.29) is 0 Å². The average molecular weight is 872 g/mol. The molecule has 12 aromatic rings. The Balaban J connectivity index is 1.08. The van der Waals surface area contributed by atoms with Crippen LogP contribution in [0.1, 0.15) is 12.5 Å². The van der Waals surface area contributed by atoms with Crippen LogP contribution >= 0.6 is 0 Å². The molecule has 0 amide bonds. The van der Waals surface area contributed by atoms with E-state index in [1.165, 1.54) is 49.3 Å². The lowest BCUT2D eigenvalue weighted by molar-refractivity contribution is 1.06. The van der Waals surface area contributed by atoms with Crippen molar-refractivity contribution in [1.29, 1.82) is 0 Å². The minimum Gasteiger partial charge on any atom is -0.309 e. The quantitative estimate of drug-likeness (QED) is 0.129. The Bertz CT molecular complexity index is 3880. The first-order valence-corrected chi connectivity index (χ1v) is 23.2. The molecule has 0 aliphatic rings. The number of nitrogens with zero attached hydrogens (tertiary/aromatic N) is 5. The highest BCUT2D eigenvalue weighted by Gasteiger charge is 2.23. The second-order valence-corrected chi connectivity index (χ2v) is 17.0. The van der Waals surface area contributed by atoms with Crippen LogP contribution in [0, 0.1) is 0 Å². The van der Waals surface area contributed by atoms with Gasteiger partial charge >= 0.3 is 0 Å². The first kappa shape index (κ1) is 40.6. The molecular formula is C63H45N5. The Kier molecular flexibility index (Phi) is 10.4. The van der Waals surface area contributed by atoms with E-state index < -0.39 is 0 Å². The van der Waals surface area contributed by atoms with Gasteiger partial charge in [0.15, 0.2) is 17.5 Å². The van der Waals surface area contributed by atoms with Gasteiger partial charge in [0.25, 0.3) is 0 Å². The molecule has 0 spiro atoms.